The van der Waals surface area contributed by atoms with Crippen LogP contribution in [0.2, 0.25) is 0 Å². The highest BCUT2D eigenvalue weighted by Crippen LogP contribution is 2.30. The van der Waals surface area contributed by atoms with Crippen LogP contribution < -0.4 is 10.1 Å². The summed E-state index contributed by atoms with van der Waals surface area (Å²) in [4.78, 5) is 13.3. The van der Waals surface area contributed by atoms with Crippen molar-refractivity contribution in [1.82, 2.24) is 0 Å². The maximum absolute atomic E-state index is 11.1. The van der Waals surface area contributed by atoms with E-state index in [1.54, 1.807) is 17.8 Å². The lowest BCUT2D eigenvalue weighted by molar-refractivity contribution is -0.131. The van der Waals surface area contributed by atoms with Gasteiger partial charge >= 0.3 is 5.97 Å². The molecule has 3 aromatic carbocycles. The fraction of sp³-hybridized carbons (Fsp3) is 0.174. The van der Waals surface area contributed by atoms with Gasteiger partial charge in [-0.05, 0) is 60.9 Å². The fourth-order valence-corrected chi connectivity index (χ4v) is 3.58. The molecule has 0 radical (unpaired) electrons. The van der Waals surface area contributed by atoms with Gasteiger partial charge in [-0.2, -0.15) is 0 Å². The second-order valence-electron chi connectivity index (χ2n) is 6.21. The number of carbonyl (C=O) groups excluding carboxylic acids is 1. The number of aryl methyl sites for hydroxylation is 1. The van der Waals surface area contributed by atoms with E-state index in [0.717, 1.165) is 34.9 Å². The molecule has 1 N–H and O–H groups in total. The number of nitrogens with one attached hydrogen (secondary N) is 1. The highest BCUT2D eigenvalue weighted by atomic mass is 32.2. The van der Waals surface area contributed by atoms with Crippen LogP contribution in [0.5, 0.6) is 5.75 Å². The molecule has 0 spiro atoms. The minimum atomic E-state index is -0.306. The van der Waals surface area contributed by atoms with Crippen molar-refractivity contribution in [3.63, 3.8) is 0 Å². The van der Waals surface area contributed by atoms with Gasteiger partial charge in [0.1, 0.15) is 5.75 Å². The first-order chi connectivity index (χ1) is 13.2. The molecule has 0 bridgehead atoms. The molecule has 0 heterocycles. The van der Waals surface area contributed by atoms with Crippen molar-refractivity contribution in [2.45, 2.75) is 29.6 Å². The Hall–Kier alpha value is -2.72. The third-order valence-corrected chi connectivity index (χ3v) is 4.97. The van der Waals surface area contributed by atoms with Gasteiger partial charge in [-0.3, -0.25) is 4.79 Å². The first-order valence-electron chi connectivity index (χ1n) is 9.03. The molecule has 0 unspecified atom stereocenters. The van der Waals surface area contributed by atoms with Crippen molar-refractivity contribution in [3.8, 4) is 5.75 Å². The molecule has 0 aliphatic rings. The third-order valence-electron chi connectivity index (χ3n) is 3.97. The van der Waals surface area contributed by atoms with Crippen molar-refractivity contribution in [1.29, 1.82) is 0 Å². The number of esters is 1. The number of benzene rings is 3. The van der Waals surface area contributed by atoms with Crippen molar-refractivity contribution in [2.75, 3.05) is 11.9 Å². The van der Waals surface area contributed by atoms with Crippen molar-refractivity contribution in [3.05, 3.63) is 84.4 Å². The lowest BCUT2D eigenvalue weighted by Gasteiger charge is -2.08. The smallest absolute Gasteiger partial charge is 0.308 e. The van der Waals surface area contributed by atoms with Crippen LogP contribution in [0, 0.1) is 0 Å². The zero-order valence-corrected chi connectivity index (χ0v) is 16.2. The summed E-state index contributed by atoms with van der Waals surface area (Å²) in [7, 11) is 0. The number of anilines is 1. The molecular formula is C23H23NO2S. The number of ether oxygens (including phenoxy) is 1. The van der Waals surface area contributed by atoms with Crippen LogP contribution in [0.1, 0.15) is 18.9 Å². The van der Waals surface area contributed by atoms with Gasteiger partial charge in [0, 0.05) is 28.9 Å². The zero-order chi connectivity index (χ0) is 18.9. The van der Waals surface area contributed by atoms with E-state index in [9.17, 15) is 4.79 Å². The van der Waals surface area contributed by atoms with E-state index < -0.39 is 0 Å². The highest BCUT2D eigenvalue weighted by molar-refractivity contribution is 7.99. The molecule has 138 valence electrons. The number of hydrogen-bond donors (Lipinski definition) is 1. The van der Waals surface area contributed by atoms with Gasteiger partial charge in [-0.25, -0.2) is 0 Å². The molecular weight excluding hydrogens is 354 g/mol. The van der Waals surface area contributed by atoms with Crippen LogP contribution in [-0.2, 0) is 11.2 Å². The molecule has 0 aliphatic heterocycles. The standard InChI is InChI=1S/C23H23NO2S/c1-18(25)26-21-10-5-11-23(17-21)27-22-14-12-20(13-15-22)24-16-6-9-19-7-3-2-4-8-19/h2-5,7-8,10-15,17,24H,6,9,16H2,1H3. The lowest BCUT2D eigenvalue weighted by Crippen LogP contribution is -2.02. The molecule has 0 saturated heterocycles. The van der Waals surface area contributed by atoms with Crippen molar-refractivity contribution < 1.29 is 9.53 Å². The molecule has 3 rings (SSSR count). The van der Waals surface area contributed by atoms with E-state index in [1.165, 1.54) is 12.5 Å². The Labute approximate surface area is 164 Å². The minimum Gasteiger partial charge on any atom is -0.427 e. The summed E-state index contributed by atoms with van der Waals surface area (Å²) in [6.07, 6.45) is 2.18. The van der Waals surface area contributed by atoms with Gasteiger partial charge in [0.05, 0.1) is 0 Å². The Morgan fingerprint density at radius 1 is 0.926 bits per heavy atom. The van der Waals surface area contributed by atoms with Crippen LogP contribution in [0.15, 0.2) is 88.7 Å². The molecule has 0 fully saturated rings. The Morgan fingerprint density at radius 2 is 1.70 bits per heavy atom. The summed E-state index contributed by atoms with van der Waals surface area (Å²) in [6.45, 7) is 2.36. The van der Waals surface area contributed by atoms with Crippen LogP contribution >= 0.6 is 11.8 Å². The van der Waals surface area contributed by atoms with Crippen LogP contribution in [-0.4, -0.2) is 12.5 Å². The van der Waals surface area contributed by atoms with E-state index in [0.29, 0.717) is 5.75 Å². The lowest BCUT2D eigenvalue weighted by atomic mass is 10.1. The highest BCUT2D eigenvalue weighted by Gasteiger charge is 2.02. The second-order valence-corrected chi connectivity index (χ2v) is 7.36. The molecule has 4 heteroatoms. The van der Waals surface area contributed by atoms with E-state index in [1.807, 2.05) is 24.3 Å². The van der Waals surface area contributed by atoms with Crippen LogP contribution in [0.4, 0.5) is 5.69 Å². The van der Waals surface area contributed by atoms with Gasteiger partial charge in [0.2, 0.25) is 0 Å². The molecule has 3 aromatic rings. The van der Waals surface area contributed by atoms with E-state index in [4.69, 9.17) is 4.74 Å². The summed E-state index contributed by atoms with van der Waals surface area (Å²) in [5, 5.41) is 3.47. The van der Waals surface area contributed by atoms with Gasteiger partial charge in [-0.15, -0.1) is 0 Å². The molecule has 0 amide bonds. The first kappa shape index (κ1) is 19.1. The van der Waals surface area contributed by atoms with Gasteiger partial charge in [0.25, 0.3) is 0 Å². The topological polar surface area (TPSA) is 38.3 Å². The Bertz CT molecular complexity index is 863. The van der Waals surface area contributed by atoms with Crippen molar-refractivity contribution >= 4 is 23.4 Å². The maximum Gasteiger partial charge on any atom is 0.308 e. The van der Waals surface area contributed by atoms with Crippen LogP contribution in [0.3, 0.4) is 0 Å². The normalized spacial score (nSPS) is 10.4. The Morgan fingerprint density at radius 3 is 2.44 bits per heavy atom. The summed E-state index contributed by atoms with van der Waals surface area (Å²) in [6, 6.07) is 26.5. The Kier molecular flexibility index (Phi) is 6.94. The molecule has 27 heavy (non-hydrogen) atoms. The predicted octanol–water partition coefficient (Wildman–Crippen LogP) is 5.81. The summed E-state index contributed by atoms with van der Waals surface area (Å²) >= 11 is 1.64. The molecule has 0 saturated carbocycles. The SMILES string of the molecule is CC(=O)Oc1cccc(Sc2ccc(NCCCc3ccccc3)cc2)c1. The molecule has 0 atom stereocenters. The monoisotopic (exact) mass is 377 g/mol. The van der Waals surface area contributed by atoms with Crippen molar-refractivity contribution in [2.24, 2.45) is 0 Å². The van der Waals surface area contributed by atoms with E-state index in [2.05, 4.69) is 53.8 Å². The van der Waals surface area contributed by atoms with E-state index >= 15 is 0 Å². The largest absolute Gasteiger partial charge is 0.427 e. The quantitative estimate of drug-likeness (QED) is 0.305. The summed E-state index contributed by atoms with van der Waals surface area (Å²) < 4.78 is 5.14. The summed E-state index contributed by atoms with van der Waals surface area (Å²) in [5.74, 6) is 0.268. The van der Waals surface area contributed by atoms with E-state index in [-0.39, 0.29) is 5.97 Å². The fourth-order valence-electron chi connectivity index (χ4n) is 2.71. The minimum absolute atomic E-state index is 0.306. The zero-order valence-electron chi connectivity index (χ0n) is 15.4. The van der Waals surface area contributed by atoms with Gasteiger partial charge in [0.15, 0.2) is 0 Å². The molecule has 0 aliphatic carbocycles. The number of hydrogen-bond acceptors (Lipinski definition) is 4. The number of rotatable bonds is 8. The summed E-state index contributed by atoms with van der Waals surface area (Å²) in [5.41, 5.74) is 2.50. The van der Waals surface area contributed by atoms with Gasteiger partial charge < -0.3 is 10.1 Å². The maximum atomic E-state index is 11.1. The van der Waals surface area contributed by atoms with Gasteiger partial charge in [-0.1, -0.05) is 48.2 Å². The second kappa shape index (κ2) is 9.83. The molecule has 3 nitrogen and oxygen atoms in total. The van der Waals surface area contributed by atoms with Crippen LogP contribution in [0.25, 0.3) is 0 Å². The average Bonchev–Trinajstić information content (AvgIpc) is 2.67. The average molecular weight is 378 g/mol. The predicted molar refractivity (Wildman–Crippen MR) is 112 cm³/mol. The third kappa shape index (κ3) is 6.50. The molecule has 0 aromatic heterocycles. The number of carbonyl (C=O) groups is 1. The Balaban J connectivity index is 1.48. The first-order valence-corrected chi connectivity index (χ1v) is 9.85.